The van der Waals surface area contributed by atoms with Crippen LogP contribution in [0.2, 0.25) is 10.0 Å². The Labute approximate surface area is 117 Å². The van der Waals surface area contributed by atoms with Crippen LogP contribution in [0.1, 0.15) is 19.3 Å². The Balaban J connectivity index is 1.79. The Morgan fingerprint density at radius 2 is 2.00 bits per heavy atom. The molecular formula is C13H17Cl2NS. The molecule has 0 aliphatic carbocycles. The largest absolute Gasteiger partial charge is 0.317 e. The van der Waals surface area contributed by atoms with E-state index in [9.17, 15) is 0 Å². The summed E-state index contributed by atoms with van der Waals surface area (Å²) in [7, 11) is 0. The third-order valence-corrected chi connectivity index (χ3v) is 4.90. The van der Waals surface area contributed by atoms with Gasteiger partial charge in [-0.25, -0.2) is 0 Å². The zero-order valence-electron chi connectivity index (χ0n) is 9.72. The Morgan fingerprint density at radius 1 is 1.24 bits per heavy atom. The van der Waals surface area contributed by atoms with E-state index < -0.39 is 0 Å². The number of benzene rings is 1. The lowest BCUT2D eigenvalue weighted by atomic mass is 9.96. The van der Waals surface area contributed by atoms with Crippen LogP contribution in [-0.4, -0.2) is 18.8 Å². The van der Waals surface area contributed by atoms with Gasteiger partial charge >= 0.3 is 0 Å². The minimum atomic E-state index is 0.763. The molecule has 1 aromatic rings. The first-order valence-corrected chi connectivity index (χ1v) is 7.78. The smallest absolute Gasteiger partial charge is 0.0542 e. The number of nitrogens with one attached hydrogen (secondary N) is 1. The van der Waals surface area contributed by atoms with Gasteiger partial charge in [0, 0.05) is 9.92 Å². The molecule has 94 valence electrons. The van der Waals surface area contributed by atoms with Crippen molar-refractivity contribution in [3.05, 3.63) is 28.2 Å². The molecule has 0 radical (unpaired) electrons. The van der Waals surface area contributed by atoms with Crippen molar-refractivity contribution >= 4 is 35.0 Å². The third-order valence-electron chi connectivity index (χ3n) is 3.14. The molecule has 1 N–H and O–H groups in total. The number of rotatable bonds is 4. The minimum absolute atomic E-state index is 0.763. The molecular weight excluding hydrogens is 273 g/mol. The van der Waals surface area contributed by atoms with Gasteiger partial charge in [0.05, 0.1) is 5.02 Å². The lowest BCUT2D eigenvalue weighted by Gasteiger charge is -2.22. The van der Waals surface area contributed by atoms with Gasteiger partial charge in [0.25, 0.3) is 0 Å². The first-order valence-electron chi connectivity index (χ1n) is 6.04. The maximum absolute atomic E-state index is 6.13. The maximum Gasteiger partial charge on any atom is 0.0542 e. The highest BCUT2D eigenvalue weighted by Gasteiger charge is 2.12. The van der Waals surface area contributed by atoms with E-state index in [2.05, 4.69) is 5.32 Å². The molecule has 1 aliphatic heterocycles. The molecule has 1 fully saturated rings. The second-order valence-electron chi connectivity index (χ2n) is 4.41. The summed E-state index contributed by atoms with van der Waals surface area (Å²) in [4.78, 5) is 1.10. The Kier molecular flexibility index (Phi) is 5.49. The van der Waals surface area contributed by atoms with Crippen molar-refractivity contribution in [2.45, 2.75) is 24.2 Å². The molecule has 0 unspecified atom stereocenters. The Hall–Kier alpha value is 0.110. The number of hydrogen-bond donors (Lipinski definition) is 1. The van der Waals surface area contributed by atoms with E-state index in [4.69, 9.17) is 23.2 Å². The standard InChI is InChI=1S/C13H17Cl2NS/c14-11-1-2-12(15)13(9-11)17-8-5-10-3-6-16-7-4-10/h1-2,9-10,16H,3-8H2. The van der Waals surface area contributed by atoms with Crippen molar-refractivity contribution < 1.29 is 0 Å². The average molecular weight is 290 g/mol. The maximum atomic E-state index is 6.13. The topological polar surface area (TPSA) is 12.0 Å². The van der Waals surface area contributed by atoms with E-state index in [1.807, 2.05) is 30.0 Å². The molecule has 0 bridgehead atoms. The third kappa shape index (κ3) is 4.36. The zero-order chi connectivity index (χ0) is 12.1. The van der Waals surface area contributed by atoms with Crippen LogP contribution in [0.3, 0.4) is 0 Å². The fourth-order valence-corrected chi connectivity index (χ4v) is 3.70. The highest BCUT2D eigenvalue weighted by atomic mass is 35.5. The second-order valence-corrected chi connectivity index (χ2v) is 6.39. The van der Waals surface area contributed by atoms with Crippen LogP contribution >= 0.6 is 35.0 Å². The van der Waals surface area contributed by atoms with Crippen LogP contribution < -0.4 is 5.32 Å². The fraction of sp³-hybridized carbons (Fsp3) is 0.538. The van der Waals surface area contributed by atoms with Gasteiger partial charge in [0.2, 0.25) is 0 Å². The molecule has 4 heteroatoms. The highest BCUT2D eigenvalue weighted by molar-refractivity contribution is 7.99. The fourth-order valence-electron chi connectivity index (χ4n) is 2.09. The van der Waals surface area contributed by atoms with E-state index in [1.165, 1.54) is 32.4 Å². The van der Waals surface area contributed by atoms with Gasteiger partial charge in [-0.15, -0.1) is 11.8 Å². The minimum Gasteiger partial charge on any atom is -0.317 e. The molecule has 1 heterocycles. The number of halogens is 2. The van der Waals surface area contributed by atoms with Crippen molar-refractivity contribution in [1.82, 2.24) is 5.32 Å². The summed E-state index contributed by atoms with van der Waals surface area (Å²) in [5.74, 6) is 2.01. The van der Waals surface area contributed by atoms with Crippen molar-refractivity contribution in [3.63, 3.8) is 0 Å². The van der Waals surface area contributed by atoms with Crippen LogP contribution in [0.15, 0.2) is 23.1 Å². The molecule has 1 nitrogen and oxygen atoms in total. The number of piperidine rings is 1. The normalized spacial score (nSPS) is 17.3. The van der Waals surface area contributed by atoms with Crippen molar-refractivity contribution in [2.75, 3.05) is 18.8 Å². The van der Waals surface area contributed by atoms with Crippen LogP contribution in [0.5, 0.6) is 0 Å². The first-order chi connectivity index (χ1) is 8.25. The number of hydrogen-bond acceptors (Lipinski definition) is 2. The lowest BCUT2D eigenvalue weighted by molar-refractivity contribution is 0.367. The number of thioether (sulfide) groups is 1. The molecule has 0 atom stereocenters. The lowest BCUT2D eigenvalue weighted by Crippen LogP contribution is -2.27. The Morgan fingerprint density at radius 3 is 2.76 bits per heavy atom. The van der Waals surface area contributed by atoms with Crippen LogP contribution in [0, 0.1) is 5.92 Å². The summed E-state index contributed by atoms with van der Waals surface area (Å²) in [5.41, 5.74) is 0. The predicted molar refractivity (Wildman–Crippen MR) is 77.4 cm³/mol. The molecule has 0 spiro atoms. The van der Waals surface area contributed by atoms with E-state index >= 15 is 0 Å². The first kappa shape index (κ1) is 13.5. The zero-order valence-corrected chi connectivity index (χ0v) is 12.0. The molecule has 0 amide bonds. The molecule has 0 saturated carbocycles. The van der Waals surface area contributed by atoms with E-state index in [0.717, 1.165) is 26.6 Å². The quantitative estimate of drug-likeness (QED) is 0.821. The van der Waals surface area contributed by atoms with Gasteiger partial charge in [-0.2, -0.15) is 0 Å². The van der Waals surface area contributed by atoms with Crippen molar-refractivity contribution in [2.24, 2.45) is 5.92 Å². The summed E-state index contributed by atoms with van der Waals surface area (Å²) >= 11 is 13.9. The van der Waals surface area contributed by atoms with Gasteiger partial charge < -0.3 is 5.32 Å². The molecule has 1 saturated heterocycles. The van der Waals surface area contributed by atoms with E-state index in [1.54, 1.807) is 0 Å². The summed E-state index contributed by atoms with van der Waals surface area (Å²) in [6, 6.07) is 5.66. The van der Waals surface area contributed by atoms with Crippen LogP contribution in [0.25, 0.3) is 0 Å². The van der Waals surface area contributed by atoms with Crippen LogP contribution in [0.4, 0.5) is 0 Å². The molecule has 1 aromatic carbocycles. The second kappa shape index (κ2) is 6.89. The van der Waals surface area contributed by atoms with Crippen LogP contribution in [-0.2, 0) is 0 Å². The Bertz CT molecular complexity index is 364. The van der Waals surface area contributed by atoms with Crippen molar-refractivity contribution in [3.8, 4) is 0 Å². The van der Waals surface area contributed by atoms with Gasteiger partial charge in [-0.05, 0) is 62.2 Å². The average Bonchev–Trinajstić information content (AvgIpc) is 2.35. The van der Waals surface area contributed by atoms with Gasteiger partial charge in [0.15, 0.2) is 0 Å². The summed E-state index contributed by atoms with van der Waals surface area (Å²) in [5, 5.41) is 4.97. The summed E-state index contributed by atoms with van der Waals surface area (Å²) in [6.07, 6.45) is 3.89. The molecule has 0 aromatic heterocycles. The predicted octanol–water partition coefficient (Wildman–Crippen LogP) is 4.48. The SMILES string of the molecule is Clc1ccc(Cl)c(SCCC2CCNCC2)c1. The summed E-state index contributed by atoms with van der Waals surface area (Å²) in [6.45, 7) is 2.35. The molecule has 2 rings (SSSR count). The molecule has 1 aliphatic rings. The van der Waals surface area contributed by atoms with E-state index in [0.29, 0.717) is 0 Å². The molecule has 17 heavy (non-hydrogen) atoms. The van der Waals surface area contributed by atoms with Crippen molar-refractivity contribution in [1.29, 1.82) is 0 Å². The van der Waals surface area contributed by atoms with Gasteiger partial charge in [-0.1, -0.05) is 23.2 Å². The van der Waals surface area contributed by atoms with Gasteiger partial charge in [0.1, 0.15) is 0 Å². The highest BCUT2D eigenvalue weighted by Crippen LogP contribution is 2.31. The summed E-state index contributed by atoms with van der Waals surface area (Å²) < 4.78 is 0. The van der Waals surface area contributed by atoms with E-state index in [-0.39, 0.29) is 0 Å². The van der Waals surface area contributed by atoms with Gasteiger partial charge in [-0.3, -0.25) is 0 Å². The monoisotopic (exact) mass is 289 g/mol.